The standard InChI is InChI=1S/C14H10N2O4/c17-14-11-3-1-2-4-12(11)15-13(20-14)9-5-7-10(8-6-9)16(18)19/h1-8,13,15H/t13-/m0/s1. The van der Waals surface area contributed by atoms with Crippen molar-refractivity contribution in [2.75, 3.05) is 5.32 Å². The molecule has 0 radical (unpaired) electrons. The van der Waals surface area contributed by atoms with Crippen molar-refractivity contribution in [1.82, 2.24) is 0 Å². The van der Waals surface area contributed by atoms with Gasteiger partial charge in [0.25, 0.3) is 5.69 Å². The Morgan fingerprint density at radius 2 is 1.80 bits per heavy atom. The molecule has 0 aromatic heterocycles. The molecular formula is C14H10N2O4. The van der Waals surface area contributed by atoms with E-state index in [1.165, 1.54) is 12.1 Å². The van der Waals surface area contributed by atoms with Gasteiger partial charge in [0.05, 0.1) is 16.2 Å². The second-order valence-corrected chi connectivity index (χ2v) is 4.32. The van der Waals surface area contributed by atoms with Gasteiger partial charge in [0.15, 0.2) is 6.23 Å². The number of nitrogens with one attached hydrogen (secondary N) is 1. The van der Waals surface area contributed by atoms with E-state index in [1.54, 1.807) is 30.3 Å². The molecule has 2 aromatic carbocycles. The van der Waals surface area contributed by atoms with Crippen LogP contribution in [0.5, 0.6) is 0 Å². The number of para-hydroxylation sites is 1. The summed E-state index contributed by atoms with van der Waals surface area (Å²) in [4.78, 5) is 22.0. The lowest BCUT2D eigenvalue weighted by atomic mass is 10.1. The van der Waals surface area contributed by atoms with Crippen molar-refractivity contribution in [3.05, 3.63) is 69.8 Å². The summed E-state index contributed by atoms with van der Waals surface area (Å²) in [6.45, 7) is 0. The van der Waals surface area contributed by atoms with Gasteiger partial charge >= 0.3 is 5.97 Å². The SMILES string of the molecule is O=C1O[C@@H](c2ccc([N+](=O)[O-])cc2)Nc2ccccc21. The number of hydrogen-bond acceptors (Lipinski definition) is 5. The number of carbonyl (C=O) groups is 1. The molecule has 1 atom stereocenters. The van der Waals surface area contributed by atoms with Crippen LogP contribution in [0.3, 0.4) is 0 Å². The van der Waals surface area contributed by atoms with E-state index in [2.05, 4.69) is 5.32 Å². The fourth-order valence-corrected chi connectivity index (χ4v) is 2.05. The molecule has 3 rings (SSSR count). The Balaban J connectivity index is 1.90. The van der Waals surface area contributed by atoms with Crippen LogP contribution in [0.15, 0.2) is 48.5 Å². The maximum absolute atomic E-state index is 11.9. The van der Waals surface area contributed by atoms with E-state index in [0.717, 1.165) is 0 Å². The first-order chi connectivity index (χ1) is 9.65. The topological polar surface area (TPSA) is 81.5 Å². The van der Waals surface area contributed by atoms with E-state index in [-0.39, 0.29) is 5.69 Å². The van der Waals surface area contributed by atoms with E-state index in [1.807, 2.05) is 6.07 Å². The summed E-state index contributed by atoms with van der Waals surface area (Å²) in [5.74, 6) is -0.414. The number of fused-ring (bicyclic) bond motifs is 1. The molecule has 0 saturated carbocycles. The molecule has 1 aliphatic rings. The molecule has 6 nitrogen and oxygen atoms in total. The van der Waals surface area contributed by atoms with Crippen LogP contribution in [-0.2, 0) is 4.74 Å². The molecule has 6 heteroatoms. The van der Waals surface area contributed by atoms with Crippen LogP contribution < -0.4 is 5.32 Å². The number of anilines is 1. The third-order valence-corrected chi connectivity index (χ3v) is 3.07. The highest BCUT2D eigenvalue weighted by molar-refractivity contribution is 5.97. The molecule has 0 fully saturated rings. The van der Waals surface area contributed by atoms with Crippen molar-refractivity contribution < 1.29 is 14.5 Å². The first-order valence-corrected chi connectivity index (χ1v) is 5.96. The van der Waals surface area contributed by atoms with Gasteiger partial charge in [0, 0.05) is 17.7 Å². The molecule has 1 N–H and O–H groups in total. The van der Waals surface area contributed by atoms with Crippen molar-refractivity contribution in [3.63, 3.8) is 0 Å². The average Bonchev–Trinajstić information content (AvgIpc) is 2.47. The number of nitro benzene ring substituents is 1. The van der Waals surface area contributed by atoms with Gasteiger partial charge in [0.1, 0.15) is 0 Å². The lowest BCUT2D eigenvalue weighted by molar-refractivity contribution is -0.384. The fraction of sp³-hybridized carbons (Fsp3) is 0.0714. The predicted octanol–water partition coefficient (Wildman–Crippen LogP) is 2.88. The van der Waals surface area contributed by atoms with Crippen LogP contribution in [0.2, 0.25) is 0 Å². The highest BCUT2D eigenvalue weighted by Gasteiger charge is 2.26. The van der Waals surface area contributed by atoms with Gasteiger partial charge in [-0.1, -0.05) is 12.1 Å². The number of hydrogen-bond donors (Lipinski definition) is 1. The van der Waals surface area contributed by atoms with Crippen molar-refractivity contribution in [1.29, 1.82) is 0 Å². The van der Waals surface area contributed by atoms with E-state index >= 15 is 0 Å². The zero-order chi connectivity index (χ0) is 14.1. The second kappa shape index (κ2) is 4.65. The largest absolute Gasteiger partial charge is 0.434 e. The van der Waals surface area contributed by atoms with Crippen LogP contribution >= 0.6 is 0 Å². The number of benzene rings is 2. The highest BCUT2D eigenvalue weighted by atomic mass is 16.6. The third kappa shape index (κ3) is 2.07. The van der Waals surface area contributed by atoms with E-state index < -0.39 is 17.1 Å². The summed E-state index contributed by atoms with van der Waals surface area (Å²) in [5, 5.41) is 13.7. The zero-order valence-corrected chi connectivity index (χ0v) is 10.3. The van der Waals surface area contributed by atoms with Crippen molar-refractivity contribution >= 4 is 17.3 Å². The van der Waals surface area contributed by atoms with Gasteiger partial charge in [-0.2, -0.15) is 0 Å². The first kappa shape index (κ1) is 12.2. The van der Waals surface area contributed by atoms with Crippen LogP contribution in [-0.4, -0.2) is 10.9 Å². The van der Waals surface area contributed by atoms with E-state index in [4.69, 9.17) is 4.74 Å². The van der Waals surface area contributed by atoms with Gasteiger partial charge in [-0.05, 0) is 24.3 Å². The molecule has 0 spiro atoms. The number of carbonyl (C=O) groups excluding carboxylic acids is 1. The number of cyclic esters (lactones) is 1. The number of nitrogens with zero attached hydrogens (tertiary/aromatic N) is 1. The second-order valence-electron chi connectivity index (χ2n) is 4.32. The van der Waals surface area contributed by atoms with Crippen LogP contribution in [0.1, 0.15) is 22.1 Å². The van der Waals surface area contributed by atoms with Gasteiger partial charge in [-0.15, -0.1) is 0 Å². The number of nitro groups is 1. The number of rotatable bonds is 2. The van der Waals surface area contributed by atoms with Crippen LogP contribution in [0, 0.1) is 10.1 Å². The Morgan fingerprint density at radius 3 is 2.50 bits per heavy atom. The van der Waals surface area contributed by atoms with Crippen molar-refractivity contribution in [3.8, 4) is 0 Å². The van der Waals surface area contributed by atoms with Gasteiger partial charge < -0.3 is 10.1 Å². The van der Waals surface area contributed by atoms with Gasteiger partial charge in [-0.25, -0.2) is 4.79 Å². The molecule has 0 amide bonds. The predicted molar refractivity (Wildman–Crippen MR) is 71.3 cm³/mol. The minimum Gasteiger partial charge on any atom is -0.434 e. The Bertz CT molecular complexity index is 682. The molecule has 100 valence electrons. The average molecular weight is 270 g/mol. The molecule has 2 aromatic rings. The zero-order valence-electron chi connectivity index (χ0n) is 10.3. The molecule has 0 saturated heterocycles. The first-order valence-electron chi connectivity index (χ1n) is 5.96. The molecule has 0 aliphatic carbocycles. The van der Waals surface area contributed by atoms with Crippen molar-refractivity contribution in [2.45, 2.75) is 6.23 Å². The summed E-state index contributed by atoms with van der Waals surface area (Å²) in [5.41, 5.74) is 1.81. The smallest absolute Gasteiger partial charge is 0.342 e. The summed E-state index contributed by atoms with van der Waals surface area (Å²) in [6, 6.07) is 12.9. The fourth-order valence-electron chi connectivity index (χ4n) is 2.05. The minimum absolute atomic E-state index is 0.00344. The quantitative estimate of drug-likeness (QED) is 0.515. The molecule has 1 aliphatic heterocycles. The Morgan fingerprint density at radius 1 is 1.10 bits per heavy atom. The summed E-state index contributed by atoms with van der Waals surface area (Å²) in [6.07, 6.45) is -0.641. The molecule has 0 unspecified atom stereocenters. The van der Waals surface area contributed by atoms with Gasteiger partial charge in [-0.3, -0.25) is 10.1 Å². The number of esters is 1. The third-order valence-electron chi connectivity index (χ3n) is 3.07. The summed E-state index contributed by atoms with van der Waals surface area (Å²) >= 11 is 0. The van der Waals surface area contributed by atoms with E-state index in [0.29, 0.717) is 16.8 Å². The van der Waals surface area contributed by atoms with Gasteiger partial charge in [0.2, 0.25) is 0 Å². The van der Waals surface area contributed by atoms with E-state index in [9.17, 15) is 14.9 Å². The van der Waals surface area contributed by atoms with Crippen LogP contribution in [0.4, 0.5) is 11.4 Å². The molecule has 0 bridgehead atoms. The molecule has 20 heavy (non-hydrogen) atoms. The highest BCUT2D eigenvalue weighted by Crippen LogP contribution is 2.30. The summed E-state index contributed by atoms with van der Waals surface area (Å²) in [7, 11) is 0. The lowest BCUT2D eigenvalue weighted by Crippen LogP contribution is -2.25. The molecular weight excluding hydrogens is 260 g/mol. The molecule has 1 heterocycles. The Hall–Kier alpha value is -2.89. The number of non-ortho nitro benzene ring substituents is 1. The normalized spacial score (nSPS) is 16.8. The maximum atomic E-state index is 11.9. The lowest BCUT2D eigenvalue weighted by Gasteiger charge is -2.26. The maximum Gasteiger partial charge on any atom is 0.342 e. The monoisotopic (exact) mass is 270 g/mol. The van der Waals surface area contributed by atoms with Crippen LogP contribution in [0.25, 0.3) is 0 Å². The minimum atomic E-state index is -0.641. The number of ether oxygens (including phenoxy) is 1. The van der Waals surface area contributed by atoms with Crippen molar-refractivity contribution in [2.24, 2.45) is 0 Å². The summed E-state index contributed by atoms with van der Waals surface area (Å²) < 4.78 is 5.28. The Kier molecular flexibility index (Phi) is 2.83. The Labute approximate surface area is 114 Å².